The van der Waals surface area contributed by atoms with Gasteiger partial charge in [0.2, 0.25) is 11.8 Å². The average Bonchev–Trinajstić information content (AvgIpc) is 3.05. The third-order valence-electron chi connectivity index (χ3n) is 3.97. The number of nitrogens with one attached hydrogen (secondary N) is 1. The van der Waals surface area contributed by atoms with E-state index in [-0.39, 0.29) is 18.4 Å². The number of ether oxygens (including phenoxy) is 1. The molecule has 5 nitrogen and oxygen atoms in total. The lowest BCUT2D eigenvalue weighted by Crippen LogP contribution is -2.38. The molecule has 2 amide bonds. The molecule has 124 valence electrons. The van der Waals surface area contributed by atoms with E-state index in [1.54, 1.807) is 24.1 Å². The van der Waals surface area contributed by atoms with Gasteiger partial charge in [-0.05, 0) is 37.8 Å². The Hall–Kier alpha value is -2.30. The highest BCUT2D eigenvalue weighted by Gasteiger charge is 2.20. The topological polar surface area (TPSA) is 58.6 Å². The first-order valence-corrected chi connectivity index (χ1v) is 8.00. The Bertz CT molecular complexity index is 583. The molecule has 0 radical (unpaired) electrons. The van der Waals surface area contributed by atoms with Crippen LogP contribution in [0.2, 0.25) is 0 Å². The van der Waals surface area contributed by atoms with Crippen molar-refractivity contribution in [3.8, 4) is 5.75 Å². The maximum atomic E-state index is 12.3. The van der Waals surface area contributed by atoms with Crippen LogP contribution < -0.4 is 10.1 Å². The van der Waals surface area contributed by atoms with Gasteiger partial charge in [0.15, 0.2) is 0 Å². The molecule has 0 saturated carbocycles. The molecule has 1 atom stereocenters. The van der Waals surface area contributed by atoms with Crippen molar-refractivity contribution >= 4 is 17.5 Å². The third-order valence-corrected chi connectivity index (χ3v) is 3.97. The Morgan fingerprint density at radius 1 is 1.39 bits per heavy atom. The van der Waals surface area contributed by atoms with E-state index in [4.69, 9.17) is 4.74 Å². The lowest BCUT2D eigenvalue weighted by atomic mass is 10.0. The molecular formula is C18H24N2O3. The van der Waals surface area contributed by atoms with E-state index in [2.05, 4.69) is 17.5 Å². The van der Waals surface area contributed by atoms with Crippen molar-refractivity contribution in [1.82, 2.24) is 4.90 Å². The van der Waals surface area contributed by atoms with Crippen LogP contribution in [0.25, 0.3) is 0 Å². The molecule has 1 unspecified atom stereocenters. The van der Waals surface area contributed by atoms with E-state index in [9.17, 15) is 9.59 Å². The molecule has 1 N–H and O–H groups in total. The van der Waals surface area contributed by atoms with Crippen molar-refractivity contribution < 1.29 is 14.3 Å². The molecule has 1 aromatic rings. The molecule has 1 aliphatic rings. The zero-order valence-corrected chi connectivity index (χ0v) is 13.7. The van der Waals surface area contributed by atoms with Crippen molar-refractivity contribution in [2.24, 2.45) is 5.92 Å². The first-order chi connectivity index (χ1) is 11.1. The quantitative estimate of drug-likeness (QED) is 0.787. The van der Waals surface area contributed by atoms with Crippen LogP contribution in [0.3, 0.4) is 0 Å². The molecule has 0 fully saturated rings. The van der Waals surface area contributed by atoms with E-state index in [1.165, 1.54) is 0 Å². The first kappa shape index (κ1) is 17.1. The second-order valence-electron chi connectivity index (χ2n) is 5.66. The number of carbonyl (C=O) groups excluding carboxylic acids is 2. The largest absolute Gasteiger partial charge is 0.497 e. The summed E-state index contributed by atoms with van der Waals surface area (Å²) in [6.07, 6.45) is 6.77. The van der Waals surface area contributed by atoms with E-state index < -0.39 is 0 Å². The number of nitrogens with zero attached hydrogens (tertiary/aromatic N) is 1. The highest BCUT2D eigenvalue weighted by Crippen LogP contribution is 2.21. The van der Waals surface area contributed by atoms with E-state index in [0.29, 0.717) is 30.3 Å². The zero-order valence-electron chi connectivity index (χ0n) is 13.7. The van der Waals surface area contributed by atoms with Crippen molar-refractivity contribution in [2.45, 2.75) is 26.2 Å². The highest BCUT2D eigenvalue weighted by atomic mass is 16.5. The van der Waals surface area contributed by atoms with Crippen molar-refractivity contribution in [2.75, 3.05) is 25.5 Å². The Morgan fingerprint density at radius 2 is 2.22 bits per heavy atom. The number of rotatable bonds is 7. The minimum atomic E-state index is -0.199. The monoisotopic (exact) mass is 316 g/mol. The standard InChI is InChI=1S/C18H24N2O3/c1-3-20(18(22)11-14-7-4-5-8-14)13-17(21)19-15-9-6-10-16(12-15)23-2/h4,6-7,9-10,12,14H,3,5,8,11,13H2,1-2H3,(H,19,21). The second kappa shape index (κ2) is 8.36. The maximum Gasteiger partial charge on any atom is 0.243 e. The highest BCUT2D eigenvalue weighted by molar-refractivity contribution is 5.94. The predicted molar refractivity (Wildman–Crippen MR) is 90.4 cm³/mol. The first-order valence-electron chi connectivity index (χ1n) is 8.00. The summed E-state index contributed by atoms with van der Waals surface area (Å²) >= 11 is 0. The average molecular weight is 316 g/mol. The molecule has 0 aromatic heterocycles. The Kier molecular flexibility index (Phi) is 6.20. The molecule has 0 heterocycles. The third kappa shape index (κ3) is 5.13. The molecule has 0 spiro atoms. The van der Waals surface area contributed by atoms with E-state index in [1.807, 2.05) is 19.1 Å². The lowest BCUT2D eigenvalue weighted by Gasteiger charge is -2.21. The summed E-state index contributed by atoms with van der Waals surface area (Å²) in [6.45, 7) is 2.49. The van der Waals surface area contributed by atoms with Gasteiger partial charge >= 0.3 is 0 Å². The molecule has 0 bridgehead atoms. The lowest BCUT2D eigenvalue weighted by molar-refractivity contribution is -0.135. The fourth-order valence-electron chi connectivity index (χ4n) is 2.67. The minimum Gasteiger partial charge on any atom is -0.497 e. The van der Waals surface area contributed by atoms with Gasteiger partial charge in [-0.15, -0.1) is 0 Å². The number of likely N-dealkylation sites (N-methyl/N-ethyl adjacent to an activating group) is 1. The fraction of sp³-hybridized carbons (Fsp3) is 0.444. The molecule has 0 aliphatic heterocycles. The number of allylic oxidation sites excluding steroid dienone is 2. The van der Waals surface area contributed by atoms with Crippen LogP contribution in [0.5, 0.6) is 5.75 Å². The van der Waals surface area contributed by atoms with E-state index in [0.717, 1.165) is 12.8 Å². The van der Waals surface area contributed by atoms with E-state index >= 15 is 0 Å². The van der Waals surface area contributed by atoms with Gasteiger partial charge in [-0.2, -0.15) is 0 Å². The summed E-state index contributed by atoms with van der Waals surface area (Å²) in [5, 5.41) is 2.80. The summed E-state index contributed by atoms with van der Waals surface area (Å²) in [5.74, 6) is 0.831. The van der Waals surface area contributed by atoms with Gasteiger partial charge in [0.25, 0.3) is 0 Å². The molecule has 2 rings (SSSR count). The molecule has 1 aliphatic carbocycles. The molecule has 1 aromatic carbocycles. The molecule has 5 heteroatoms. The number of carbonyl (C=O) groups is 2. The van der Waals surface area contributed by atoms with Crippen LogP contribution in [0.1, 0.15) is 26.2 Å². The number of anilines is 1. The summed E-state index contributed by atoms with van der Waals surface area (Å²) in [6, 6.07) is 7.16. The van der Waals surface area contributed by atoms with Gasteiger partial charge in [0.1, 0.15) is 5.75 Å². The van der Waals surface area contributed by atoms with Gasteiger partial charge in [-0.25, -0.2) is 0 Å². The van der Waals surface area contributed by atoms with Crippen LogP contribution >= 0.6 is 0 Å². The van der Waals surface area contributed by atoms with Crippen LogP contribution in [0.15, 0.2) is 36.4 Å². The Labute approximate surface area is 137 Å². The van der Waals surface area contributed by atoms with Gasteiger partial charge in [-0.3, -0.25) is 9.59 Å². The van der Waals surface area contributed by atoms with Crippen LogP contribution in [0.4, 0.5) is 5.69 Å². The maximum absolute atomic E-state index is 12.3. The molecular weight excluding hydrogens is 292 g/mol. The van der Waals surface area contributed by atoms with Gasteiger partial charge in [-0.1, -0.05) is 18.2 Å². The summed E-state index contributed by atoms with van der Waals surface area (Å²) in [5.41, 5.74) is 0.663. The molecule has 0 saturated heterocycles. The number of benzene rings is 1. The summed E-state index contributed by atoms with van der Waals surface area (Å²) in [4.78, 5) is 26.1. The summed E-state index contributed by atoms with van der Waals surface area (Å²) < 4.78 is 5.13. The van der Waals surface area contributed by atoms with Gasteiger partial charge < -0.3 is 15.0 Å². The van der Waals surface area contributed by atoms with Crippen molar-refractivity contribution in [3.05, 3.63) is 36.4 Å². The van der Waals surface area contributed by atoms with Crippen LogP contribution in [-0.4, -0.2) is 36.9 Å². The normalized spacial score (nSPS) is 16.2. The van der Waals surface area contributed by atoms with Crippen molar-refractivity contribution in [1.29, 1.82) is 0 Å². The second-order valence-corrected chi connectivity index (χ2v) is 5.66. The number of amides is 2. The number of methoxy groups -OCH3 is 1. The summed E-state index contributed by atoms with van der Waals surface area (Å²) in [7, 11) is 1.58. The van der Waals surface area contributed by atoms with Crippen LogP contribution in [-0.2, 0) is 9.59 Å². The molecule has 23 heavy (non-hydrogen) atoms. The fourth-order valence-corrected chi connectivity index (χ4v) is 2.67. The Morgan fingerprint density at radius 3 is 2.87 bits per heavy atom. The van der Waals surface area contributed by atoms with Gasteiger partial charge in [0.05, 0.1) is 13.7 Å². The zero-order chi connectivity index (χ0) is 16.7. The SMILES string of the molecule is CCN(CC(=O)Nc1cccc(OC)c1)C(=O)CC1C=CCC1. The Balaban J connectivity index is 1.88. The van der Waals surface area contributed by atoms with Gasteiger partial charge in [0, 0.05) is 24.7 Å². The minimum absolute atomic E-state index is 0.0323. The number of hydrogen-bond acceptors (Lipinski definition) is 3. The number of hydrogen-bond donors (Lipinski definition) is 1. The smallest absolute Gasteiger partial charge is 0.243 e. The van der Waals surface area contributed by atoms with Crippen LogP contribution in [0, 0.1) is 5.92 Å². The van der Waals surface area contributed by atoms with Crippen molar-refractivity contribution in [3.63, 3.8) is 0 Å². The predicted octanol–water partition coefficient (Wildman–Crippen LogP) is 2.84.